The number of rotatable bonds is 10. The fourth-order valence-electron chi connectivity index (χ4n) is 6.73. The minimum absolute atomic E-state index is 0.00698. The van der Waals surface area contributed by atoms with E-state index in [9.17, 15) is 28.8 Å². The van der Waals surface area contributed by atoms with E-state index in [0.717, 1.165) is 9.13 Å². The number of carbonyl (C=O) groups is 1. The number of fused-ring (bicyclic) bond motifs is 1. The summed E-state index contributed by atoms with van der Waals surface area (Å²) in [5.41, 5.74) is -0.954. The van der Waals surface area contributed by atoms with Crippen LogP contribution in [-0.4, -0.2) is 77.1 Å². The zero-order valence-electron chi connectivity index (χ0n) is 36.2. The van der Waals surface area contributed by atoms with E-state index in [1.54, 1.807) is 123 Å². The van der Waals surface area contributed by atoms with Crippen LogP contribution < -0.4 is 38.8 Å². The van der Waals surface area contributed by atoms with Crippen molar-refractivity contribution in [1.82, 2.24) is 38.0 Å². The molecule has 7 rings (SSSR count). The van der Waals surface area contributed by atoms with Crippen molar-refractivity contribution in [3.05, 3.63) is 184 Å². The van der Waals surface area contributed by atoms with Crippen LogP contribution >= 0.6 is 24.4 Å². The van der Waals surface area contributed by atoms with Crippen molar-refractivity contribution in [3.63, 3.8) is 0 Å². The smallest absolute Gasteiger partial charge is 0.412 e. The van der Waals surface area contributed by atoms with Crippen molar-refractivity contribution in [2.75, 3.05) is 38.6 Å². The Morgan fingerprint density at radius 1 is 0.641 bits per heavy atom. The van der Waals surface area contributed by atoms with Gasteiger partial charge >= 0.3 is 23.2 Å². The van der Waals surface area contributed by atoms with Gasteiger partial charge in [-0.25, -0.2) is 37.4 Å². The number of hydrogen-bond donors (Lipinski definition) is 3. The lowest BCUT2D eigenvalue weighted by atomic mass is 10.2. The molecule has 0 aliphatic carbocycles. The zero-order valence-corrected chi connectivity index (χ0v) is 37.9. The Morgan fingerprint density at radius 2 is 1.05 bits per heavy atom. The molecule has 332 valence electrons. The summed E-state index contributed by atoms with van der Waals surface area (Å²) in [5, 5.41) is 5.37. The standard InChI is InChI=1S/C21H20N4O4S.C19H14N4O3S.C6H15N/c1-3-29-20(27)23-18(30)16-17(22-2)24(14-10-6-4-7-11-14)21(28)25(19(16)26)15-12-8-5-9-13-15;1-21-16-14(15(27)20-18(21)25)17(24)23(13-10-6-3-7-11-13)19(26)22(16)12-8-4-2-5-9-12;1-4-7(5-2)6-3/h4-13,22H,3H2,1-2H3,(H,23,27,30);2-11H,1H3,(H,20,25,27);4-6H2,1-3H3. The van der Waals surface area contributed by atoms with Gasteiger partial charge in [0.05, 0.1) is 29.4 Å². The third-order valence-corrected chi connectivity index (χ3v) is 10.5. The molecule has 3 N–H and O–H groups in total. The van der Waals surface area contributed by atoms with Gasteiger partial charge in [0, 0.05) is 14.1 Å². The number of alkyl carbamates (subject to hydrolysis) is 1. The van der Waals surface area contributed by atoms with Gasteiger partial charge in [-0.3, -0.25) is 24.5 Å². The second-order valence-electron chi connectivity index (χ2n) is 13.6. The zero-order chi connectivity index (χ0) is 46.5. The first-order valence-corrected chi connectivity index (χ1v) is 21.2. The van der Waals surface area contributed by atoms with Crippen LogP contribution in [0.25, 0.3) is 33.8 Å². The number of aromatic nitrogens is 6. The topological polar surface area (TPSA) is 179 Å². The SMILES string of the molecule is CCN(CC)CC.CCOC(=O)NC(=S)c1c(NC)n(-c2ccccc2)c(=O)n(-c2ccccc2)c1=O.Cn1c(=O)[nH]c(=S)c2c(=O)n(-c3ccccc3)c(=O)n(-c3ccccc3)c21. The maximum absolute atomic E-state index is 13.4. The molecule has 0 aliphatic rings. The Morgan fingerprint density at radius 3 is 1.45 bits per heavy atom. The van der Waals surface area contributed by atoms with Crippen LogP contribution in [0.4, 0.5) is 10.6 Å². The molecule has 0 atom stereocenters. The average molecular weight is 904 g/mol. The van der Waals surface area contributed by atoms with Crippen molar-refractivity contribution in [2.24, 2.45) is 7.05 Å². The highest BCUT2D eigenvalue weighted by Gasteiger charge is 2.25. The molecule has 4 aromatic carbocycles. The molecule has 1 amide bonds. The van der Waals surface area contributed by atoms with Crippen LogP contribution in [-0.2, 0) is 11.8 Å². The molecule has 0 radical (unpaired) electrons. The second-order valence-corrected chi connectivity index (χ2v) is 14.5. The largest absolute Gasteiger partial charge is 0.450 e. The number of nitrogens with one attached hydrogen (secondary N) is 3. The fourth-order valence-corrected chi connectivity index (χ4v) is 7.26. The first-order chi connectivity index (χ1) is 30.8. The van der Waals surface area contributed by atoms with Crippen molar-refractivity contribution < 1.29 is 9.53 Å². The predicted octanol–water partition coefficient (Wildman–Crippen LogP) is 5.70. The number of anilines is 1. The third-order valence-electron chi connectivity index (χ3n) is 9.92. The first kappa shape index (κ1) is 47.8. The van der Waals surface area contributed by atoms with Gasteiger partial charge in [-0.1, -0.05) is 118 Å². The lowest BCUT2D eigenvalue weighted by molar-refractivity contribution is 0.158. The molecule has 3 aromatic heterocycles. The Hall–Kier alpha value is -7.28. The van der Waals surface area contributed by atoms with Crippen LogP contribution in [0.1, 0.15) is 33.3 Å². The minimum Gasteiger partial charge on any atom is -0.450 e. The molecule has 0 bridgehead atoms. The van der Waals surface area contributed by atoms with Crippen LogP contribution in [0.3, 0.4) is 0 Å². The Kier molecular flexibility index (Phi) is 16.6. The van der Waals surface area contributed by atoms with Gasteiger partial charge in [-0.05, 0) is 75.1 Å². The van der Waals surface area contributed by atoms with Gasteiger partial charge in [0.1, 0.15) is 32.0 Å². The number of H-pyrrole nitrogens is 1. The monoisotopic (exact) mass is 903 g/mol. The summed E-state index contributed by atoms with van der Waals surface area (Å²) in [6.07, 6.45) is -0.785. The van der Waals surface area contributed by atoms with Crippen LogP contribution in [0.15, 0.2) is 145 Å². The lowest BCUT2D eigenvalue weighted by Gasteiger charge is -2.19. The van der Waals surface area contributed by atoms with E-state index in [0.29, 0.717) is 22.7 Å². The molecule has 0 fully saturated rings. The van der Waals surface area contributed by atoms with E-state index in [1.165, 1.54) is 40.4 Å². The molecule has 0 aliphatic heterocycles. The maximum atomic E-state index is 13.4. The molecule has 3 heterocycles. The number of aryl methyl sites for hydroxylation is 1. The van der Waals surface area contributed by atoms with Crippen molar-refractivity contribution >= 4 is 52.4 Å². The van der Waals surface area contributed by atoms with Gasteiger partial charge in [0.15, 0.2) is 0 Å². The molecule has 16 nitrogen and oxygen atoms in total. The number of hydrogen-bond acceptors (Lipinski definition) is 11. The van der Waals surface area contributed by atoms with E-state index in [4.69, 9.17) is 29.2 Å². The number of nitrogens with zero attached hydrogens (tertiary/aromatic N) is 6. The van der Waals surface area contributed by atoms with Crippen LogP contribution in [0.2, 0.25) is 0 Å². The number of para-hydroxylation sites is 4. The molecule has 0 saturated carbocycles. The highest BCUT2D eigenvalue weighted by Crippen LogP contribution is 2.18. The summed E-state index contributed by atoms with van der Waals surface area (Å²) in [5.74, 6) is 0.158. The fraction of sp³-hybridized carbons (Fsp3) is 0.217. The minimum atomic E-state index is -0.785. The number of benzene rings is 4. The van der Waals surface area contributed by atoms with Crippen molar-refractivity contribution in [1.29, 1.82) is 0 Å². The van der Waals surface area contributed by atoms with Crippen LogP contribution in [0.5, 0.6) is 0 Å². The summed E-state index contributed by atoms with van der Waals surface area (Å²) < 4.78 is 10.8. The molecule has 0 unspecified atom stereocenters. The predicted molar refractivity (Wildman–Crippen MR) is 258 cm³/mol. The van der Waals surface area contributed by atoms with Crippen molar-refractivity contribution in [2.45, 2.75) is 27.7 Å². The normalized spacial score (nSPS) is 10.6. The Labute approximate surface area is 378 Å². The molecular formula is C46H49N9O7S2. The van der Waals surface area contributed by atoms with Crippen molar-refractivity contribution in [3.8, 4) is 22.7 Å². The third kappa shape index (κ3) is 10.3. The highest BCUT2D eigenvalue weighted by molar-refractivity contribution is 7.80. The summed E-state index contributed by atoms with van der Waals surface area (Å²) in [4.78, 5) is 82.1. The second kappa shape index (κ2) is 22.2. The summed E-state index contributed by atoms with van der Waals surface area (Å²) >= 11 is 10.6. The quantitative estimate of drug-likeness (QED) is 0.144. The molecule has 7 aromatic rings. The highest BCUT2D eigenvalue weighted by atomic mass is 32.1. The average Bonchev–Trinajstić information content (AvgIpc) is 3.30. The molecule has 0 spiro atoms. The van der Waals surface area contributed by atoms with E-state index in [1.807, 2.05) is 12.1 Å². The number of amides is 1. The summed E-state index contributed by atoms with van der Waals surface area (Å²) in [6.45, 7) is 11.9. The van der Waals surface area contributed by atoms with E-state index in [2.05, 4.69) is 41.3 Å². The number of carbonyl (C=O) groups excluding carboxylic acids is 1. The lowest BCUT2D eigenvalue weighted by Crippen LogP contribution is -2.45. The van der Waals surface area contributed by atoms with Gasteiger partial charge in [0.2, 0.25) is 0 Å². The Bertz CT molecular complexity index is 3100. The maximum Gasteiger partial charge on any atom is 0.412 e. The molecule has 0 saturated heterocycles. The number of thiocarbonyl (C=S) groups is 1. The van der Waals surface area contributed by atoms with E-state index >= 15 is 0 Å². The first-order valence-electron chi connectivity index (χ1n) is 20.4. The van der Waals surface area contributed by atoms with Gasteiger partial charge < -0.3 is 15.0 Å². The molecule has 18 heteroatoms. The summed E-state index contributed by atoms with van der Waals surface area (Å²) in [7, 11) is 3.05. The van der Waals surface area contributed by atoms with E-state index < -0.39 is 34.3 Å². The van der Waals surface area contributed by atoms with Crippen LogP contribution in [0, 0.1) is 4.64 Å². The van der Waals surface area contributed by atoms with E-state index in [-0.39, 0.29) is 38.7 Å². The van der Waals surface area contributed by atoms with Gasteiger partial charge in [-0.15, -0.1) is 0 Å². The summed E-state index contributed by atoms with van der Waals surface area (Å²) in [6, 6.07) is 34.7. The van der Waals surface area contributed by atoms with Gasteiger partial charge in [-0.2, -0.15) is 0 Å². The number of aromatic amines is 1. The number of ether oxygens (including phenoxy) is 1. The Balaban J connectivity index is 0.000000210. The van der Waals surface area contributed by atoms with Gasteiger partial charge in [0.25, 0.3) is 11.1 Å². The molecule has 64 heavy (non-hydrogen) atoms. The molecular weight excluding hydrogens is 855 g/mol.